The maximum Gasteiger partial charge on any atom is 0.0582 e. The van der Waals surface area contributed by atoms with Gasteiger partial charge in [-0.3, -0.25) is 4.98 Å². The highest BCUT2D eigenvalue weighted by atomic mass is 79.9. The Morgan fingerprint density at radius 1 is 1.00 bits per heavy atom. The molecule has 0 radical (unpaired) electrons. The van der Waals surface area contributed by atoms with Gasteiger partial charge >= 0.3 is 0 Å². The van der Waals surface area contributed by atoms with Crippen LogP contribution in [0.5, 0.6) is 0 Å². The summed E-state index contributed by atoms with van der Waals surface area (Å²) in [6.45, 7) is 4.22. The summed E-state index contributed by atoms with van der Waals surface area (Å²) in [7, 11) is 0. The molecule has 2 rings (SSSR count). The van der Waals surface area contributed by atoms with Gasteiger partial charge in [-0.1, -0.05) is 6.07 Å². The van der Waals surface area contributed by atoms with Crippen LogP contribution in [0, 0.1) is 13.8 Å². The molecule has 0 atom stereocenters. The summed E-state index contributed by atoms with van der Waals surface area (Å²) in [5.74, 6) is 0. The molecule has 16 heavy (non-hydrogen) atoms. The third-order valence-corrected chi connectivity index (χ3v) is 2.93. The third kappa shape index (κ3) is 2.61. The fraction of sp³-hybridized carbons (Fsp3) is 0.154. The molecule has 1 heterocycles. The lowest BCUT2D eigenvalue weighted by Gasteiger charge is -2.08. The van der Waals surface area contributed by atoms with Gasteiger partial charge in [-0.05, 0) is 59.1 Å². The number of aryl methyl sites for hydroxylation is 2. The smallest absolute Gasteiger partial charge is 0.0582 e. The van der Waals surface area contributed by atoms with Crippen LogP contribution in [-0.2, 0) is 0 Å². The second kappa shape index (κ2) is 4.66. The van der Waals surface area contributed by atoms with Crippen LogP contribution in [0.15, 0.2) is 41.1 Å². The van der Waals surface area contributed by atoms with Crippen molar-refractivity contribution in [3.63, 3.8) is 0 Å². The number of nitrogens with zero attached hydrogens (tertiary/aromatic N) is 1. The number of halogens is 1. The maximum absolute atomic E-state index is 4.11. The molecule has 3 heteroatoms. The van der Waals surface area contributed by atoms with Crippen LogP contribution in [0.3, 0.4) is 0 Å². The minimum atomic E-state index is 0.973. The van der Waals surface area contributed by atoms with E-state index in [4.69, 9.17) is 0 Å². The molecule has 0 bridgehead atoms. The van der Waals surface area contributed by atoms with Crippen molar-refractivity contribution < 1.29 is 0 Å². The first-order valence-electron chi connectivity index (χ1n) is 5.10. The van der Waals surface area contributed by atoms with Crippen molar-refractivity contribution >= 4 is 27.3 Å². The monoisotopic (exact) mass is 276 g/mol. The Hall–Kier alpha value is -1.35. The number of hydrogen-bond donors (Lipinski definition) is 1. The third-order valence-electron chi connectivity index (χ3n) is 2.50. The Kier molecular flexibility index (Phi) is 3.25. The number of rotatable bonds is 2. The summed E-state index contributed by atoms with van der Waals surface area (Å²) in [4.78, 5) is 4.11. The lowest BCUT2D eigenvalue weighted by atomic mass is 10.1. The standard InChI is InChI=1S/C13H13BrN2/c1-9-3-4-12(5-10(9)2)16-13-6-11(14)7-15-8-13/h3-8,16H,1-2H3. The van der Waals surface area contributed by atoms with Gasteiger partial charge in [0.25, 0.3) is 0 Å². The molecule has 1 N–H and O–H groups in total. The molecule has 0 fully saturated rings. The van der Waals surface area contributed by atoms with E-state index >= 15 is 0 Å². The molecular formula is C13H13BrN2. The van der Waals surface area contributed by atoms with Crippen molar-refractivity contribution in [3.8, 4) is 0 Å². The zero-order valence-corrected chi connectivity index (χ0v) is 10.9. The van der Waals surface area contributed by atoms with E-state index in [-0.39, 0.29) is 0 Å². The fourth-order valence-corrected chi connectivity index (χ4v) is 1.83. The van der Waals surface area contributed by atoms with Gasteiger partial charge in [-0.15, -0.1) is 0 Å². The van der Waals surface area contributed by atoms with Gasteiger partial charge in [-0.2, -0.15) is 0 Å². The molecule has 1 aromatic carbocycles. The van der Waals surface area contributed by atoms with Crippen molar-refractivity contribution in [1.29, 1.82) is 0 Å². The zero-order chi connectivity index (χ0) is 11.5. The van der Waals surface area contributed by atoms with E-state index in [0.717, 1.165) is 15.8 Å². The number of nitrogens with one attached hydrogen (secondary N) is 1. The van der Waals surface area contributed by atoms with Crippen molar-refractivity contribution in [3.05, 3.63) is 52.3 Å². The first kappa shape index (κ1) is 11.1. The van der Waals surface area contributed by atoms with Crippen LogP contribution >= 0.6 is 15.9 Å². The molecule has 0 amide bonds. The van der Waals surface area contributed by atoms with E-state index in [1.807, 2.05) is 6.07 Å². The second-order valence-electron chi connectivity index (χ2n) is 3.82. The van der Waals surface area contributed by atoms with Gasteiger partial charge in [-0.25, -0.2) is 0 Å². The molecule has 82 valence electrons. The second-order valence-corrected chi connectivity index (χ2v) is 4.73. The molecule has 0 saturated heterocycles. The van der Waals surface area contributed by atoms with E-state index < -0.39 is 0 Å². The minimum absolute atomic E-state index is 0.973. The predicted octanol–water partition coefficient (Wildman–Crippen LogP) is 4.20. The molecular weight excluding hydrogens is 264 g/mol. The molecule has 0 spiro atoms. The average molecular weight is 277 g/mol. The Morgan fingerprint density at radius 3 is 2.50 bits per heavy atom. The number of anilines is 2. The van der Waals surface area contributed by atoms with E-state index in [1.165, 1.54) is 11.1 Å². The first-order valence-corrected chi connectivity index (χ1v) is 5.89. The zero-order valence-electron chi connectivity index (χ0n) is 9.29. The van der Waals surface area contributed by atoms with E-state index in [0.29, 0.717) is 0 Å². The molecule has 0 unspecified atom stereocenters. The van der Waals surface area contributed by atoms with Crippen LogP contribution in [0.1, 0.15) is 11.1 Å². The highest BCUT2D eigenvalue weighted by molar-refractivity contribution is 9.10. The molecule has 1 aromatic heterocycles. The van der Waals surface area contributed by atoms with E-state index in [2.05, 4.69) is 58.3 Å². The predicted molar refractivity (Wildman–Crippen MR) is 71.1 cm³/mol. The largest absolute Gasteiger partial charge is 0.354 e. The maximum atomic E-state index is 4.11. The normalized spacial score (nSPS) is 10.2. The molecule has 0 aliphatic carbocycles. The fourth-order valence-electron chi connectivity index (χ4n) is 1.47. The summed E-state index contributed by atoms with van der Waals surface area (Å²) in [5, 5.41) is 3.32. The van der Waals surface area contributed by atoms with Crippen molar-refractivity contribution in [2.45, 2.75) is 13.8 Å². The average Bonchev–Trinajstić information content (AvgIpc) is 2.24. The van der Waals surface area contributed by atoms with Crippen molar-refractivity contribution in [2.75, 3.05) is 5.32 Å². The summed E-state index contributed by atoms with van der Waals surface area (Å²) < 4.78 is 0.973. The first-order chi connectivity index (χ1) is 7.65. The molecule has 0 saturated carbocycles. The van der Waals surface area contributed by atoms with Gasteiger partial charge in [0.15, 0.2) is 0 Å². The summed E-state index contributed by atoms with van der Waals surface area (Å²) in [6, 6.07) is 8.32. The Labute approximate surface area is 104 Å². The van der Waals surface area contributed by atoms with Crippen LogP contribution < -0.4 is 5.32 Å². The highest BCUT2D eigenvalue weighted by Crippen LogP contribution is 2.21. The summed E-state index contributed by atoms with van der Waals surface area (Å²) in [5.41, 5.74) is 4.66. The summed E-state index contributed by atoms with van der Waals surface area (Å²) in [6.07, 6.45) is 3.57. The number of pyridine rings is 1. The van der Waals surface area contributed by atoms with Crippen LogP contribution in [0.4, 0.5) is 11.4 Å². The van der Waals surface area contributed by atoms with Gasteiger partial charge in [0.05, 0.1) is 11.9 Å². The quantitative estimate of drug-likeness (QED) is 0.889. The van der Waals surface area contributed by atoms with E-state index in [1.54, 1.807) is 12.4 Å². The molecule has 0 aliphatic rings. The number of hydrogen-bond acceptors (Lipinski definition) is 2. The highest BCUT2D eigenvalue weighted by Gasteiger charge is 1.98. The lowest BCUT2D eigenvalue weighted by Crippen LogP contribution is -1.92. The lowest BCUT2D eigenvalue weighted by molar-refractivity contribution is 1.29. The summed E-state index contributed by atoms with van der Waals surface area (Å²) >= 11 is 3.40. The van der Waals surface area contributed by atoms with Crippen LogP contribution in [-0.4, -0.2) is 4.98 Å². The van der Waals surface area contributed by atoms with Gasteiger partial charge in [0, 0.05) is 16.4 Å². The van der Waals surface area contributed by atoms with Crippen LogP contribution in [0.2, 0.25) is 0 Å². The SMILES string of the molecule is Cc1ccc(Nc2cncc(Br)c2)cc1C. The Bertz CT molecular complexity index is 509. The van der Waals surface area contributed by atoms with Crippen molar-refractivity contribution in [1.82, 2.24) is 4.98 Å². The van der Waals surface area contributed by atoms with Gasteiger partial charge in [0.2, 0.25) is 0 Å². The minimum Gasteiger partial charge on any atom is -0.354 e. The molecule has 2 nitrogen and oxygen atoms in total. The molecule has 0 aliphatic heterocycles. The van der Waals surface area contributed by atoms with Crippen molar-refractivity contribution in [2.24, 2.45) is 0 Å². The Balaban J connectivity index is 2.24. The van der Waals surface area contributed by atoms with Gasteiger partial charge < -0.3 is 5.32 Å². The number of benzene rings is 1. The van der Waals surface area contributed by atoms with Gasteiger partial charge in [0.1, 0.15) is 0 Å². The topological polar surface area (TPSA) is 24.9 Å². The van der Waals surface area contributed by atoms with Crippen LogP contribution in [0.25, 0.3) is 0 Å². The molecule has 2 aromatic rings. The number of aromatic nitrogens is 1. The van der Waals surface area contributed by atoms with E-state index in [9.17, 15) is 0 Å². The Morgan fingerprint density at radius 2 is 1.81 bits per heavy atom.